The minimum atomic E-state index is -4.70. The molecule has 196 valence electrons. The second-order valence-electron chi connectivity index (χ2n) is 9.60. The van der Waals surface area contributed by atoms with Gasteiger partial charge in [0.1, 0.15) is 27.5 Å². The molecule has 2 aliphatic rings. The summed E-state index contributed by atoms with van der Waals surface area (Å²) in [5.41, 5.74) is -2.92. The number of nitrogens with zero attached hydrogens (tertiary/aromatic N) is 2. The van der Waals surface area contributed by atoms with E-state index >= 15 is 0 Å². The van der Waals surface area contributed by atoms with Gasteiger partial charge in [-0.25, -0.2) is 9.37 Å². The molecule has 2 fully saturated rings. The zero-order valence-corrected chi connectivity index (χ0v) is 20.8. The number of amides is 2. The van der Waals surface area contributed by atoms with Crippen LogP contribution in [0.1, 0.15) is 39.5 Å². The minimum absolute atomic E-state index is 0.217. The Hall–Kier alpha value is -2.73. The lowest BCUT2D eigenvalue weighted by molar-refractivity contribution is -0.220. The summed E-state index contributed by atoms with van der Waals surface area (Å²) >= 11 is 1.20. The second-order valence-corrected chi connectivity index (χ2v) is 10.6. The predicted molar refractivity (Wildman–Crippen MR) is 128 cm³/mol. The Bertz CT molecular complexity index is 1110. The maximum Gasteiger partial charge on any atom is 0.403 e. The molecule has 1 aromatic heterocycles. The van der Waals surface area contributed by atoms with Crippen LogP contribution in [0.3, 0.4) is 0 Å². The van der Waals surface area contributed by atoms with Gasteiger partial charge in [0.2, 0.25) is 5.91 Å². The molecule has 2 heterocycles. The highest BCUT2D eigenvalue weighted by Crippen LogP contribution is 2.51. The number of carbonyl (C=O) groups is 2. The van der Waals surface area contributed by atoms with Crippen LogP contribution < -0.4 is 15.5 Å². The van der Waals surface area contributed by atoms with Crippen molar-refractivity contribution >= 4 is 33.3 Å². The van der Waals surface area contributed by atoms with Crippen LogP contribution in [0.5, 0.6) is 0 Å². The molecule has 0 bridgehead atoms. The lowest BCUT2D eigenvalue weighted by atomic mass is 9.83. The van der Waals surface area contributed by atoms with Crippen molar-refractivity contribution in [2.45, 2.75) is 51.2 Å². The summed E-state index contributed by atoms with van der Waals surface area (Å²) in [7, 11) is 0. The molecule has 1 aliphatic carbocycles. The highest BCUT2D eigenvalue weighted by Gasteiger charge is 2.61. The van der Waals surface area contributed by atoms with Crippen LogP contribution in [0.2, 0.25) is 0 Å². The van der Waals surface area contributed by atoms with Crippen LogP contribution in [0.4, 0.5) is 27.7 Å². The van der Waals surface area contributed by atoms with E-state index in [1.54, 1.807) is 12.1 Å². The van der Waals surface area contributed by atoms with Gasteiger partial charge in [0, 0.05) is 18.7 Å². The van der Waals surface area contributed by atoms with Gasteiger partial charge in [-0.15, -0.1) is 0 Å². The van der Waals surface area contributed by atoms with Gasteiger partial charge in [-0.1, -0.05) is 24.2 Å². The highest BCUT2D eigenvalue weighted by atomic mass is 32.1. The number of nitrogens with one attached hydrogen (secondary N) is 2. The molecule has 36 heavy (non-hydrogen) atoms. The third-order valence-electron chi connectivity index (χ3n) is 6.67. The van der Waals surface area contributed by atoms with Gasteiger partial charge in [0.05, 0.1) is 13.2 Å². The summed E-state index contributed by atoms with van der Waals surface area (Å²) in [4.78, 5) is 32.5. The molecule has 1 saturated heterocycles. The predicted octanol–water partition coefficient (Wildman–Crippen LogP) is 4.74. The number of anilines is 2. The number of hydrogen-bond donors (Lipinski definition) is 2. The molecule has 0 atom stereocenters. The van der Waals surface area contributed by atoms with E-state index in [2.05, 4.69) is 20.5 Å². The minimum Gasteiger partial charge on any atom is -0.378 e. The van der Waals surface area contributed by atoms with Crippen molar-refractivity contribution in [2.75, 3.05) is 36.5 Å². The van der Waals surface area contributed by atoms with E-state index in [0.29, 0.717) is 50.4 Å². The van der Waals surface area contributed by atoms with Crippen LogP contribution in [0.15, 0.2) is 24.3 Å². The number of rotatable bonds is 6. The average molecular weight is 529 g/mol. The highest BCUT2D eigenvalue weighted by molar-refractivity contribution is 7.20. The van der Waals surface area contributed by atoms with Gasteiger partial charge in [-0.2, -0.15) is 13.2 Å². The topological polar surface area (TPSA) is 83.6 Å². The Morgan fingerprint density at radius 3 is 2.28 bits per heavy atom. The van der Waals surface area contributed by atoms with E-state index in [4.69, 9.17) is 4.74 Å². The number of halogens is 4. The Balaban J connectivity index is 1.56. The first-order valence-electron chi connectivity index (χ1n) is 11.7. The second kappa shape index (κ2) is 9.97. The maximum atomic E-state index is 13.8. The third kappa shape index (κ3) is 5.19. The number of alkyl halides is 3. The summed E-state index contributed by atoms with van der Waals surface area (Å²) < 4.78 is 60.3. The van der Waals surface area contributed by atoms with E-state index in [-0.39, 0.29) is 18.0 Å². The van der Waals surface area contributed by atoms with E-state index in [1.807, 2.05) is 0 Å². The molecule has 2 aromatic rings. The molecule has 2 N–H and O–H groups in total. The number of aromatic nitrogens is 1. The van der Waals surface area contributed by atoms with Gasteiger partial charge in [0.15, 0.2) is 5.13 Å². The van der Waals surface area contributed by atoms with Crippen molar-refractivity contribution in [1.82, 2.24) is 10.3 Å². The van der Waals surface area contributed by atoms with E-state index in [1.165, 1.54) is 37.3 Å². The van der Waals surface area contributed by atoms with Crippen molar-refractivity contribution in [2.24, 2.45) is 5.41 Å². The van der Waals surface area contributed by atoms with Gasteiger partial charge in [0.25, 0.3) is 5.91 Å². The molecule has 0 radical (unpaired) electrons. The molecule has 0 unspecified atom stereocenters. The Labute approximate surface area is 210 Å². The Morgan fingerprint density at radius 2 is 1.69 bits per heavy atom. The van der Waals surface area contributed by atoms with E-state index < -0.39 is 34.8 Å². The number of ether oxygens (including phenoxy) is 1. The standard InChI is InChI=1S/C24H28F4N4O3S/c1-22(2,31-20(34)23(24(26,27)28)9-3-4-10-23)19(33)30-21-29-17(15-5-7-16(25)8-6-15)18(36-21)32-11-13-35-14-12-32/h5-8H,3-4,9-14H2,1-2H3,(H,31,34)(H,29,30,33). The lowest BCUT2D eigenvalue weighted by Gasteiger charge is -2.34. The lowest BCUT2D eigenvalue weighted by Crippen LogP contribution is -2.59. The normalized spacial score (nSPS) is 18.2. The van der Waals surface area contributed by atoms with Crippen molar-refractivity contribution in [3.05, 3.63) is 30.1 Å². The summed E-state index contributed by atoms with van der Waals surface area (Å²) in [5, 5.41) is 5.95. The molecule has 0 spiro atoms. The molecule has 4 rings (SSSR count). The van der Waals surface area contributed by atoms with Crippen molar-refractivity contribution in [1.29, 1.82) is 0 Å². The number of benzene rings is 1. The number of hydrogen-bond acceptors (Lipinski definition) is 6. The molecule has 1 aliphatic heterocycles. The summed E-state index contributed by atoms with van der Waals surface area (Å²) in [6.07, 6.45) is -4.69. The fraction of sp³-hybridized carbons (Fsp3) is 0.542. The zero-order chi connectivity index (χ0) is 26.1. The zero-order valence-electron chi connectivity index (χ0n) is 20.0. The van der Waals surface area contributed by atoms with Crippen LogP contribution in [0, 0.1) is 11.2 Å². The number of morpholine rings is 1. The van der Waals surface area contributed by atoms with E-state index in [9.17, 15) is 27.2 Å². The summed E-state index contributed by atoms with van der Waals surface area (Å²) in [6.45, 7) is 4.95. The Morgan fingerprint density at radius 1 is 1.08 bits per heavy atom. The summed E-state index contributed by atoms with van der Waals surface area (Å²) in [6, 6.07) is 5.80. The van der Waals surface area contributed by atoms with Crippen molar-refractivity contribution in [3.63, 3.8) is 0 Å². The number of thiazole rings is 1. The van der Waals surface area contributed by atoms with Crippen LogP contribution in [-0.2, 0) is 14.3 Å². The van der Waals surface area contributed by atoms with Crippen molar-refractivity contribution < 1.29 is 31.9 Å². The monoisotopic (exact) mass is 528 g/mol. The van der Waals surface area contributed by atoms with Crippen molar-refractivity contribution in [3.8, 4) is 11.3 Å². The van der Waals surface area contributed by atoms with Crippen LogP contribution in [-0.4, -0.2) is 54.8 Å². The summed E-state index contributed by atoms with van der Waals surface area (Å²) in [5.74, 6) is -2.28. The average Bonchev–Trinajstić information content (AvgIpc) is 3.48. The smallest absolute Gasteiger partial charge is 0.378 e. The third-order valence-corrected chi connectivity index (χ3v) is 7.71. The first kappa shape index (κ1) is 26.3. The SMILES string of the molecule is CC(C)(NC(=O)C1(C(F)(F)F)CCCC1)C(=O)Nc1nc(-c2ccc(F)cc2)c(N2CCOCC2)s1. The molecular formula is C24H28F4N4O3S. The van der Waals surface area contributed by atoms with Crippen LogP contribution in [0.25, 0.3) is 11.3 Å². The molecule has 7 nitrogen and oxygen atoms in total. The maximum absolute atomic E-state index is 13.8. The molecule has 12 heteroatoms. The van der Waals surface area contributed by atoms with Crippen LogP contribution >= 0.6 is 11.3 Å². The number of carbonyl (C=O) groups excluding carboxylic acids is 2. The molecule has 2 amide bonds. The van der Waals surface area contributed by atoms with E-state index in [0.717, 1.165) is 5.00 Å². The first-order chi connectivity index (χ1) is 16.9. The quantitative estimate of drug-likeness (QED) is 0.530. The largest absolute Gasteiger partial charge is 0.403 e. The Kier molecular flexibility index (Phi) is 7.29. The fourth-order valence-electron chi connectivity index (χ4n) is 4.47. The molecule has 1 aromatic carbocycles. The van der Waals surface area contributed by atoms with Gasteiger partial charge >= 0.3 is 6.18 Å². The van der Waals surface area contributed by atoms with Gasteiger partial charge in [-0.3, -0.25) is 14.9 Å². The fourth-order valence-corrected chi connectivity index (χ4v) is 5.51. The van der Waals surface area contributed by atoms with Gasteiger partial charge < -0.3 is 15.0 Å². The first-order valence-corrected chi connectivity index (χ1v) is 12.5. The van der Waals surface area contributed by atoms with Gasteiger partial charge in [-0.05, 0) is 51.0 Å². The molecule has 1 saturated carbocycles. The molecular weight excluding hydrogens is 500 g/mol.